The Balaban J connectivity index is 2.19. The number of para-hydroxylation sites is 1. The highest BCUT2D eigenvalue weighted by Gasteiger charge is 2.35. The van der Waals surface area contributed by atoms with Crippen LogP contribution in [0.2, 0.25) is 0 Å². The van der Waals surface area contributed by atoms with Crippen molar-refractivity contribution in [3.8, 4) is 5.75 Å². The highest BCUT2D eigenvalue weighted by molar-refractivity contribution is 5.97. The summed E-state index contributed by atoms with van der Waals surface area (Å²) in [4.78, 5) is 24.4. The van der Waals surface area contributed by atoms with Crippen molar-refractivity contribution in [1.82, 2.24) is 5.32 Å². The molecular formula is C20H23NO4. The molecule has 2 rings (SSSR count). The van der Waals surface area contributed by atoms with Crippen LogP contribution < -0.4 is 10.1 Å². The van der Waals surface area contributed by atoms with Crippen LogP contribution in [0.1, 0.15) is 36.7 Å². The minimum absolute atomic E-state index is 0.0266. The van der Waals surface area contributed by atoms with Gasteiger partial charge in [0.1, 0.15) is 11.2 Å². The minimum atomic E-state index is -1.22. The topological polar surface area (TPSA) is 75.6 Å². The van der Waals surface area contributed by atoms with Crippen LogP contribution in [-0.2, 0) is 10.2 Å². The van der Waals surface area contributed by atoms with E-state index in [0.29, 0.717) is 16.9 Å². The fraction of sp³-hybridized carbons (Fsp3) is 0.300. The molecule has 2 aromatic carbocycles. The lowest BCUT2D eigenvalue weighted by Gasteiger charge is -2.26. The molecule has 0 bridgehead atoms. The number of carboxylic acid groups (broad SMARTS) is 1. The summed E-state index contributed by atoms with van der Waals surface area (Å²) >= 11 is 0. The van der Waals surface area contributed by atoms with Crippen molar-refractivity contribution in [2.24, 2.45) is 0 Å². The fourth-order valence-corrected chi connectivity index (χ4v) is 2.47. The Morgan fingerprint density at radius 1 is 1.08 bits per heavy atom. The van der Waals surface area contributed by atoms with Crippen molar-refractivity contribution >= 4 is 11.9 Å². The van der Waals surface area contributed by atoms with E-state index in [1.807, 2.05) is 19.9 Å². The average molecular weight is 341 g/mol. The summed E-state index contributed by atoms with van der Waals surface area (Å²) in [5.74, 6) is -0.878. The Hall–Kier alpha value is -2.82. The van der Waals surface area contributed by atoms with Gasteiger partial charge >= 0.3 is 5.97 Å². The van der Waals surface area contributed by atoms with Crippen molar-refractivity contribution < 1.29 is 19.4 Å². The van der Waals surface area contributed by atoms with Gasteiger partial charge in [-0.3, -0.25) is 9.59 Å². The standard InChI is InChI=1S/C20H23NO4/c1-14(2)25-17-12-8-7-11-16(17)18(22)21-13-20(3,19(23)24)15-9-5-4-6-10-15/h4-12,14H,13H2,1-3H3,(H,21,22)(H,23,24). The van der Waals surface area contributed by atoms with Gasteiger partial charge in [0.05, 0.1) is 11.7 Å². The van der Waals surface area contributed by atoms with Gasteiger partial charge in [-0.05, 0) is 38.5 Å². The van der Waals surface area contributed by atoms with Crippen LogP contribution in [0.25, 0.3) is 0 Å². The molecule has 5 heteroatoms. The third-order valence-electron chi connectivity index (χ3n) is 3.98. The van der Waals surface area contributed by atoms with E-state index in [2.05, 4.69) is 5.32 Å². The second-order valence-corrected chi connectivity index (χ2v) is 6.35. The van der Waals surface area contributed by atoms with E-state index in [9.17, 15) is 14.7 Å². The largest absolute Gasteiger partial charge is 0.490 e. The van der Waals surface area contributed by atoms with Crippen molar-refractivity contribution in [3.63, 3.8) is 0 Å². The van der Waals surface area contributed by atoms with E-state index >= 15 is 0 Å². The van der Waals surface area contributed by atoms with Crippen molar-refractivity contribution in [2.75, 3.05) is 6.54 Å². The zero-order chi connectivity index (χ0) is 18.4. The molecule has 0 aromatic heterocycles. The molecule has 0 spiro atoms. The van der Waals surface area contributed by atoms with E-state index < -0.39 is 11.4 Å². The molecule has 5 nitrogen and oxygen atoms in total. The van der Waals surface area contributed by atoms with Crippen LogP contribution in [0.4, 0.5) is 0 Å². The number of rotatable bonds is 7. The van der Waals surface area contributed by atoms with Gasteiger partial charge in [0.15, 0.2) is 0 Å². The van der Waals surface area contributed by atoms with Gasteiger partial charge < -0.3 is 15.2 Å². The molecule has 0 aliphatic carbocycles. The highest BCUT2D eigenvalue weighted by atomic mass is 16.5. The van der Waals surface area contributed by atoms with Crippen LogP contribution in [0.5, 0.6) is 5.75 Å². The summed E-state index contributed by atoms with van der Waals surface area (Å²) in [5, 5.41) is 12.4. The molecule has 0 saturated heterocycles. The predicted octanol–water partition coefficient (Wildman–Crippen LogP) is 3.25. The predicted molar refractivity (Wildman–Crippen MR) is 96.0 cm³/mol. The molecule has 0 radical (unpaired) electrons. The average Bonchev–Trinajstić information content (AvgIpc) is 2.60. The number of benzene rings is 2. The Kier molecular flexibility index (Phi) is 5.80. The highest BCUT2D eigenvalue weighted by Crippen LogP contribution is 2.24. The molecule has 0 saturated carbocycles. The Bertz CT molecular complexity index is 742. The van der Waals surface area contributed by atoms with Gasteiger partial charge in [-0.25, -0.2) is 0 Å². The first-order valence-corrected chi connectivity index (χ1v) is 8.17. The molecule has 1 amide bonds. The monoisotopic (exact) mass is 341 g/mol. The van der Waals surface area contributed by atoms with Gasteiger partial charge in [-0.1, -0.05) is 42.5 Å². The Morgan fingerprint density at radius 2 is 1.68 bits per heavy atom. The first-order chi connectivity index (χ1) is 11.8. The molecule has 132 valence electrons. The zero-order valence-corrected chi connectivity index (χ0v) is 14.7. The molecule has 2 N–H and O–H groups in total. The lowest BCUT2D eigenvalue weighted by atomic mass is 9.82. The number of carbonyl (C=O) groups excluding carboxylic acids is 1. The van der Waals surface area contributed by atoms with Gasteiger partial charge in [0.2, 0.25) is 0 Å². The number of aliphatic carboxylic acids is 1. The first-order valence-electron chi connectivity index (χ1n) is 8.17. The van der Waals surface area contributed by atoms with Gasteiger partial charge in [0, 0.05) is 6.54 Å². The van der Waals surface area contributed by atoms with Crippen LogP contribution in [0.15, 0.2) is 54.6 Å². The van der Waals surface area contributed by atoms with E-state index in [-0.39, 0.29) is 18.6 Å². The van der Waals surface area contributed by atoms with Crippen LogP contribution >= 0.6 is 0 Å². The van der Waals surface area contributed by atoms with Gasteiger partial charge in [-0.2, -0.15) is 0 Å². The first kappa shape index (κ1) is 18.5. The molecule has 1 atom stereocenters. The number of ether oxygens (including phenoxy) is 1. The minimum Gasteiger partial charge on any atom is -0.490 e. The molecule has 2 aromatic rings. The van der Waals surface area contributed by atoms with E-state index in [1.165, 1.54) is 0 Å². The number of hydrogen-bond donors (Lipinski definition) is 2. The maximum absolute atomic E-state index is 12.6. The maximum atomic E-state index is 12.6. The van der Waals surface area contributed by atoms with Crippen LogP contribution in [0, 0.1) is 0 Å². The van der Waals surface area contributed by atoms with E-state index in [0.717, 1.165) is 0 Å². The third kappa shape index (κ3) is 4.38. The van der Waals surface area contributed by atoms with Crippen molar-refractivity contribution in [2.45, 2.75) is 32.3 Å². The summed E-state index contributed by atoms with van der Waals surface area (Å²) in [6.45, 7) is 5.33. The lowest BCUT2D eigenvalue weighted by Crippen LogP contribution is -2.44. The number of carboxylic acids is 1. The molecule has 0 aliphatic rings. The fourth-order valence-electron chi connectivity index (χ4n) is 2.47. The smallest absolute Gasteiger partial charge is 0.315 e. The number of hydrogen-bond acceptors (Lipinski definition) is 3. The number of amides is 1. The van der Waals surface area contributed by atoms with Crippen LogP contribution in [0.3, 0.4) is 0 Å². The van der Waals surface area contributed by atoms with Crippen molar-refractivity contribution in [3.05, 3.63) is 65.7 Å². The van der Waals surface area contributed by atoms with Gasteiger partial charge in [-0.15, -0.1) is 0 Å². The van der Waals surface area contributed by atoms with E-state index in [1.54, 1.807) is 55.5 Å². The molecule has 25 heavy (non-hydrogen) atoms. The normalized spacial score (nSPS) is 13.1. The quantitative estimate of drug-likeness (QED) is 0.810. The maximum Gasteiger partial charge on any atom is 0.315 e. The lowest BCUT2D eigenvalue weighted by molar-refractivity contribution is -0.142. The Morgan fingerprint density at radius 3 is 2.28 bits per heavy atom. The van der Waals surface area contributed by atoms with Crippen LogP contribution in [-0.4, -0.2) is 29.6 Å². The third-order valence-corrected chi connectivity index (χ3v) is 3.98. The van der Waals surface area contributed by atoms with E-state index in [4.69, 9.17) is 4.74 Å². The molecular weight excluding hydrogens is 318 g/mol. The Labute approximate surface area is 147 Å². The molecule has 0 heterocycles. The summed E-state index contributed by atoms with van der Waals surface area (Å²) in [6, 6.07) is 15.8. The van der Waals surface area contributed by atoms with Gasteiger partial charge in [0.25, 0.3) is 5.91 Å². The molecule has 0 aliphatic heterocycles. The second kappa shape index (κ2) is 7.83. The molecule has 1 unspecified atom stereocenters. The summed E-state index contributed by atoms with van der Waals surface area (Å²) in [6.07, 6.45) is -0.0671. The molecule has 0 fully saturated rings. The zero-order valence-electron chi connectivity index (χ0n) is 14.7. The summed E-state index contributed by atoms with van der Waals surface area (Å²) in [5.41, 5.74) is -0.198. The second-order valence-electron chi connectivity index (χ2n) is 6.35. The number of carbonyl (C=O) groups is 2. The number of nitrogens with one attached hydrogen (secondary N) is 1. The SMILES string of the molecule is CC(C)Oc1ccccc1C(=O)NCC(C)(C(=O)O)c1ccccc1. The van der Waals surface area contributed by atoms with Crippen molar-refractivity contribution in [1.29, 1.82) is 0 Å². The summed E-state index contributed by atoms with van der Waals surface area (Å²) in [7, 11) is 0. The summed E-state index contributed by atoms with van der Waals surface area (Å²) < 4.78 is 5.65.